The topological polar surface area (TPSA) is 92.7 Å². The minimum absolute atomic E-state index is 0.0588. The van der Waals surface area contributed by atoms with E-state index in [9.17, 15) is 18.3 Å². The van der Waals surface area contributed by atoms with Crippen LogP contribution in [0.2, 0.25) is 0 Å². The van der Waals surface area contributed by atoms with Crippen LogP contribution in [-0.2, 0) is 19.6 Å². The zero-order valence-corrected chi connectivity index (χ0v) is 14.9. The number of benzene rings is 1. The predicted octanol–water partition coefficient (Wildman–Crippen LogP) is 2.22. The Labute approximate surface area is 143 Å². The molecule has 6 nitrogen and oxygen atoms in total. The fourth-order valence-electron chi connectivity index (χ4n) is 3.05. The Balaban J connectivity index is 2.15. The van der Waals surface area contributed by atoms with Crippen molar-refractivity contribution in [3.8, 4) is 0 Å². The molecule has 134 valence electrons. The molecule has 1 aliphatic rings. The molecular weight excluding hydrogens is 330 g/mol. The molecule has 1 heterocycles. The number of hydrogen-bond donors (Lipinski definition) is 2. The van der Waals surface area contributed by atoms with E-state index in [0.29, 0.717) is 26.1 Å². The monoisotopic (exact) mass is 355 g/mol. The Hall–Kier alpha value is -1.44. The van der Waals surface area contributed by atoms with Gasteiger partial charge >= 0.3 is 5.97 Å². The molecule has 1 unspecified atom stereocenters. The fourth-order valence-corrected chi connectivity index (χ4v) is 4.48. The summed E-state index contributed by atoms with van der Waals surface area (Å²) in [7, 11) is -3.75. The van der Waals surface area contributed by atoms with Crippen LogP contribution in [0.1, 0.15) is 38.2 Å². The largest absolute Gasteiger partial charge is 0.481 e. The highest BCUT2D eigenvalue weighted by molar-refractivity contribution is 7.89. The molecule has 1 fully saturated rings. The van der Waals surface area contributed by atoms with Gasteiger partial charge in [-0.15, -0.1) is 0 Å². The van der Waals surface area contributed by atoms with Gasteiger partial charge in [-0.25, -0.2) is 13.1 Å². The highest BCUT2D eigenvalue weighted by Gasteiger charge is 2.31. The lowest BCUT2D eigenvalue weighted by Gasteiger charge is -2.27. The second-order valence-corrected chi connectivity index (χ2v) is 8.17. The van der Waals surface area contributed by atoms with Crippen molar-refractivity contribution in [1.29, 1.82) is 0 Å². The van der Waals surface area contributed by atoms with Crippen molar-refractivity contribution in [3.63, 3.8) is 0 Å². The maximum Gasteiger partial charge on any atom is 0.308 e. The zero-order chi connectivity index (χ0) is 17.7. The Morgan fingerprint density at radius 2 is 1.92 bits per heavy atom. The number of sulfonamides is 1. The zero-order valence-electron chi connectivity index (χ0n) is 14.1. The number of hydrogen-bond acceptors (Lipinski definition) is 4. The third-order valence-electron chi connectivity index (χ3n) is 4.48. The van der Waals surface area contributed by atoms with E-state index in [1.807, 2.05) is 13.8 Å². The predicted molar refractivity (Wildman–Crippen MR) is 90.4 cm³/mol. The lowest BCUT2D eigenvalue weighted by molar-refractivity contribution is -0.144. The summed E-state index contributed by atoms with van der Waals surface area (Å²) < 4.78 is 33.0. The van der Waals surface area contributed by atoms with Crippen molar-refractivity contribution in [2.75, 3.05) is 19.8 Å². The van der Waals surface area contributed by atoms with Crippen molar-refractivity contribution in [2.45, 2.75) is 37.5 Å². The van der Waals surface area contributed by atoms with Crippen molar-refractivity contribution in [3.05, 3.63) is 29.8 Å². The smallest absolute Gasteiger partial charge is 0.308 e. The summed E-state index contributed by atoms with van der Waals surface area (Å²) in [5, 5.41) is 9.46. The molecule has 0 bridgehead atoms. The molecule has 1 aliphatic heterocycles. The van der Waals surface area contributed by atoms with Crippen LogP contribution in [0.25, 0.3) is 0 Å². The molecule has 2 rings (SSSR count). The summed E-state index contributed by atoms with van der Waals surface area (Å²) in [6.07, 6.45) is 1.28. The van der Waals surface area contributed by atoms with Gasteiger partial charge in [0.25, 0.3) is 0 Å². The van der Waals surface area contributed by atoms with E-state index in [4.69, 9.17) is 4.74 Å². The quantitative estimate of drug-likeness (QED) is 0.782. The van der Waals surface area contributed by atoms with E-state index in [-0.39, 0.29) is 23.3 Å². The average Bonchev–Trinajstić information content (AvgIpc) is 2.55. The molecular formula is C17H25NO5S. The third-order valence-corrected chi connectivity index (χ3v) is 5.97. The number of ether oxygens (including phenoxy) is 1. The molecule has 0 aromatic heterocycles. The van der Waals surface area contributed by atoms with Gasteiger partial charge in [-0.2, -0.15) is 0 Å². The van der Waals surface area contributed by atoms with Gasteiger partial charge in [-0.3, -0.25) is 4.79 Å². The van der Waals surface area contributed by atoms with E-state index in [2.05, 4.69) is 4.72 Å². The lowest BCUT2D eigenvalue weighted by Crippen LogP contribution is -2.39. The minimum Gasteiger partial charge on any atom is -0.481 e. The first-order valence-electron chi connectivity index (χ1n) is 8.22. The van der Waals surface area contributed by atoms with Crippen molar-refractivity contribution < 1.29 is 23.1 Å². The normalized spacial score (nSPS) is 17.8. The first-order chi connectivity index (χ1) is 11.3. The molecule has 1 atom stereocenters. The van der Waals surface area contributed by atoms with Gasteiger partial charge in [0.1, 0.15) is 0 Å². The number of rotatable bonds is 7. The van der Waals surface area contributed by atoms with Gasteiger partial charge in [0.05, 0.1) is 10.8 Å². The van der Waals surface area contributed by atoms with Crippen LogP contribution >= 0.6 is 0 Å². The van der Waals surface area contributed by atoms with E-state index in [0.717, 1.165) is 5.56 Å². The summed E-state index contributed by atoms with van der Waals surface area (Å²) in [6, 6.07) is 6.82. The summed E-state index contributed by atoms with van der Waals surface area (Å²) >= 11 is 0. The fraction of sp³-hybridized carbons (Fsp3) is 0.588. The highest BCUT2D eigenvalue weighted by atomic mass is 32.2. The van der Waals surface area contributed by atoms with Crippen LogP contribution in [-0.4, -0.2) is 39.3 Å². The van der Waals surface area contributed by atoms with Crippen molar-refractivity contribution >= 4 is 16.0 Å². The lowest BCUT2D eigenvalue weighted by atomic mass is 9.86. The van der Waals surface area contributed by atoms with E-state index < -0.39 is 21.9 Å². The first-order valence-corrected chi connectivity index (χ1v) is 9.70. The summed E-state index contributed by atoms with van der Waals surface area (Å²) in [4.78, 5) is 11.8. The molecule has 0 amide bonds. The summed E-state index contributed by atoms with van der Waals surface area (Å²) in [6.45, 7) is 4.80. The maximum atomic E-state index is 12.6. The average molecular weight is 355 g/mol. The second kappa shape index (κ2) is 8.09. The molecule has 1 saturated heterocycles. The van der Waals surface area contributed by atoms with Gasteiger partial charge in [0, 0.05) is 19.8 Å². The van der Waals surface area contributed by atoms with Crippen LogP contribution in [0, 0.1) is 11.8 Å². The van der Waals surface area contributed by atoms with Crippen LogP contribution < -0.4 is 4.72 Å². The first kappa shape index (κ1) is 18.9. The molecule has 1 aromatic carbocycles. The molecule has 0 spiro atoms. The Bertz CT molecular complexity index is 665. The molecule has 0 radical (unpaired) electrons. The number of aliphatic carboxylic acids is 1. The Kier molecular flexibility index (Phi) is 6.37. The summed E-state index contributed by atoms with van der Waals surface area (Å²) in [5.74, 6) is -1.72. The van der Waals surface area contributed by atoms with Crippen LogP contribution in [0.3, 0.4) is 0 Å². The Morgan fingerprint density at radius 3 is 2.50 bits per heavy atom. The number of carbonyl (C=O) groups is 1. The minimum atomic E-state index is -3.75. The molecule has 1 aromatic rings. The van der Waals surface area contributed by atoms with Crippen molar-refractivity contribution in [2.24, 2.45) is 11.8 Å². The maximum absolute atomic E-state index is 12.6. The third kappa shape index (κ3) is 4.55. The molecule has 7 heteroatoms. The van der Waals surface area contributed by atoms with Crippen LogP contribution in [0.15, 0.2) is 29.2 Å². The van der Waals surface area contributed by atoms with Gasteiger partial charge in [-0.1, -0.05) is 32.0 Å². The van der Waals surface area contributed by atoms with Gasteiger partial charge in [0.2, 0.25) is 10.0 Å². The van der Waals surface area contributed by atoms with E-state index >= 15 is 0 Å². The van der Waals surface area contributed by atoms with E-state index in [1.165, 1.54) is 0 Å². The number of nitrogens with one attached hydrogen (secondary N) is 1. The highest BCUT2D eigenvalue weighted by Crippen LogP contribution is 2.26. The standard InChI is InChI=1S/C17H25NO5S/c1-12(2)14-5-3-4-6-16(14)24(21,22)18-11-15(17(19)20)13-7-9-23-10-8-13/h3-6,12-13,15,18H,7-11H2,1-2H3,(H,19,20). The molecule has 2 N–H and O–H groups in total. The van der Waals surface area contributed by atoms with Gasteiger partial charge in [0.15, 0.2) is 0 Å². The summed E-state index contributed by atoms with van der Waals surface area (Å²) in [5.41, 5.74) is 0.725. The van der Waals surface area contributed by atoms with Crippen molar-refractivity contribution in [1.82, 2.24) is 4.72 Å². The number of carboxylic acid groups (broad SMARTS) is 1. The molecule has 0 saturated carbocycles. The second-order valence-electron chi connectivity index (χ2n) is 6.44. The number of carboxylic acids is 1. The van der Waals surface area contributed by atoms with Gasteiger partial charge in [-0.05, 0) is 36.3 Å². The van der Waals surface area contributed by atoms with Crippen LogP contribution in [0.5, 0.6) is 0 Å². The molecule has 24 heavy (non-hydrogen) atoms. The SMILES string of the molecule is CC(C)c1ccccc1S(=O)(=O)NCC(C(=O)O)C1CCOCC1. The molecule has 0 aliphatic carbocycles. The van der Waals surface area contributed by atoms with Crippen LogP contribution in [0.4, 0.5) is 0 Å². The van der Waals surface area contributed by atoms with Gasteiger partial charge < -0.3 is 9.84 Å². The Morgan fingerprint density at radius 1 is 1.29 bits per heavy atom. The van der Waals surface area contributed by atoms with E-state index in [1.54, 1.807) is 24.3 Å².